The van der Waals surface area contributed by atoms with Gasteiger partial charge in [0.2, 0.25) is 0 Å². The molecule has 0 radical (unpaired) electrons. The summed E-state index contributed by atoms with van der Waals surface area (Å²) in [6, 6.07) is 7.06. The molecule has 0 spiro atoms. The molecule has 0 amide bonds. The van der Waals surface area contributed by atoms with E-state index < -0.39 is 0 Å². The molecule has 0 aliphatic carbocycles. The lowest BCUT2D eigenvalue weighted by Gasteiger charge is -1.96. The highest BCUT2D eigenvalue weighted by Gasteiger charge is 1.97. The molecule has 1 aromatic rings. The number of hydrogen-bond donors (Lipinski definition) is 0. The first-order valence-corrected chi connectivity index (χ1v) is 3.35. The summed E-state index contributed by atoms with van der Waals surface area (Å²) in [5.41, 5.74) is 1.39. The zero-order chi connectivity index (χ0) is 8.10. The number of carbonyl (C=O) groups is 2. The maximum atomic E-state index is 10.4. The second kappa shape index (κ2) is 3.66. The predicted octanol–water partition coefficient (Wildman–Crippen LogP) is 1.24. The van der Waals surface area contributed by atoms with Gasteiger partial charge in [-0.05, 0) is 5.56 Å². The highest BCUT2D eigenvalue weighted by Crippen LogP contribution is 2.04. The first-order valence-electron chi connectivity index (χ1n) is 3.35. The Morgan fingerprint density at radius 3 is 2.55 bits per heavy atom. The largest absolute Gasteiger partial charge is 0.303 e. The zero-order valence-electron chi connectivity index (χ0n) is 5.99. The molecule has 0 aliphatic heterocycles. The maximum absolute atomic E-state index is 10.4. The van der Waals surface area contributed by atoms with Gasteiger partial charge in [0.05, 0.1) is 0 Å². The van der Waals surface area contributed by atoms with Gasteiger partial charge < -0.3 is 4.79 Å². The third kappa shape index (κ3) is 1.74. The van der Waals surface area contributed by atoms with E-state index in [1.54, 1.807) is 18.2 Å². The van der Waals surface area contributed by atoms with Gasteiger partial charge in [0.1, 0.15) is 12.6 Å². The van der Waals surface area contributed by atoms with Crippen molar-refractivity contribution in [1.29, 1.82) is 0 Å². The summed E-state index contributed by atoms with van der Waals surface area (Å²) in [7, 11) is 0. The topological polar surface area (TPSA) is 34.1 Å². The fraction of sp³-hybridized carbons (Fsp3) is 0.111. The predicted molar refractivity (Wildman–Crippen MR) is 41.6 cm³/mol. The van der Waals surface area contributed by atoms with Crippen LogP contribution in [-0.4, -0.2) is 12.6 Å². The molecule has 0 bridgehead atoms. The Labute approximate surface area is 64.8 Å². The Morgan fingerprint density at radius 2 is 1.91 bits per heavy atom. The number of rotatable bonds is 3. The van der Waals surface area contributed by atoms with Crippen LogP contribution in [0.4, 0.5) is 0 Å². The van der Waals surface area contributed by atoms with E-state index in [2.05, 4.69) is 0 Å². The molecule has 0 heterocycles. The van der Waals surface area contributed by atoms with Gasteiger partial charge in [-0.2, -0.15) is 0 Å². The molecule has 11 heavy (non-hydrogen) atoms. The van der Waals surface area contributed by atoms with Gasteiger partial charge in [0.15, 0.2) is 0 Å². The van der Waals surface area contributed by atoms with Gasteiger partial charge in [-0.25, -0.2) is 0 Å². The van der Waals surface area contributed by atoms with Crippen LogP contribution in [0.5, 0.6) is 0 Å². The van der Waals surface area contributed by atoms with Crippen LogP contribution < -0.4 is 0 Å². The number of aldehydes is 2. The van der Waals surface area contributed by atoms with Crippen LogP contribution in [-0.2, 0) is 11.2 Å². The Morgan fingerprint density at radius 1 is 1.18 bits per heavy atom. The minimum Gasteiger partial charge on any atom is -0.303 e. The minimum atomic E-state index is 0.314. The van der Waals surface area contributed by atoms with Crippen molar-refractivity contribution in [3.05, 3.63) is 35.4 Å². The van der Waals surface area contributed by atoms with Gasteiger partial charge in [0.25, 0.3) is 0 Å². The van der Waals surface area contributed by atoms with Crippen LogP contribution in [0, 0.1) is 0 Å². The number of benzene rings is 1. The van der Waals surface area contributed by atoms with E-state index in [1.807, 2.05) is 6.07 Å². The Hall–Kier alpha value is -1.44. The first-order chi connectivity index (χ1) is 5.38. The molecule has 2 nitrogen and oxygen atoms in total. The Balaban J connectivity index is 3.01. The maximum Gasteiger partial charge on any atom is 0.150 e. The van der Waals surface area contributed by atoms with Crippen LogP contribution >= 0.6 is 0 Å². The third-order valence-corrected chi connectivity index (χ3v) is 1.49. The van der Waals surface area contributed by atoms with Gasteiger partial charge in [-0.3, -0.25) is 4.79 Å². The first kappa shape index (κ1) is 7.66. The van der Waals surface area contributed by atoms with E-state index in [-0.39, 0.29) is 0 Å². The Bertz CT molecular complexity index is 266. The molecule has 0 fully saturated rings. The van der Waals surface area contributed by atoms with Crippen LogP contribution in [0.25, 0.3) is 0 Å². The smallest absolute Gasteiger partial charge is 0.150 e. The molecule has 0 saturated heterocycles. The van der Waals surface area contributed by atoms with Gasteiger partial charge in [-0.15, -0.1) is 0 Å². The highest BCUT2D eigenvalue weighted by molar-refractivity contribution is 5.78. The third-order valence-electron chi connectivity index (χ3n) is 1.49. The zero-order valence-corrected chi connectivity index (χ0v) is 5.99. The lowest BCUT2D eigenvalue weighted by Crippen LogP contribution is -1.92. The highest BCUT2D eigenvalue weighted by atomic mass is 18.1. The molecule has 0 saturated carbocycles. The van der Waals surface area contributed by atoms with Crippen molar-refractivity contribution >= 4 is 12.6 Å². The van der Waals surface area contributed by atoms with E-state index in [0.717, 1.165) is 18.1 Å². The summed E-state index contributed by atoms with van der Waals surface area (Å²) in [6.45, 7) is 0. The Kier molecular flexibility index (Phi) is 2.55. The quantitative estimate of drug-likeness (QED) is 0.482. The van der Waals surface area contributed by atoms with E-state index in [0.29, 0.717) is 12.0 Å². The summed E-state index contributed by atoms with van der Waals surface area (Å²) in [5.74, 6) is 0. The van der Waals surface area contributed by atoms with Crippen molar-refractivity contribution in [3.63, 3.8) is 0 Å². The second-order valence-corrected chi connectivity index (χ2v) is 2.19. The average Bonchev–Trinajstić information content (AvgIpc) is 2.06. The molecule has 0 aliphatic rings. The summed E-state index contributed by atoms with van der Waals surface area (Å²) in [6.07, 6.45) is 1.87. The van der Waals surface area contributed by atoms with E-state index in [9.17, 15) is 9.59 Å². The minimum absolute atomic E-state index is 0.314. The summed E-state index contributed by atoms with van der Waals surface area (Å²) in [5, 5.41) is 0. The van der Waals surface area contributed by atoms with Gasteiger partial charge >= 0.3 is 0 Å². The van der Waals surface area contributed by atoms with E-state index in [1.165, 1.54) is 0 Å². The molecule has 0 unspecified atom stereocenters. The van der Waals surface area contributed by atoms with Crippen molar-refractivity contribution in [1.82, 2.24) is 0 Å². The molecular weight excluding hydrogens is 144 g/mol. The van der Waals surface area contributed by atoms with Crippen molar-refractivity contribution in [2.45, 2.75) is 6.42 Å². The SMILES string of the molecule is [18O]=CCc1ccccc1C=[18O]. The molecule has 0 N–H and O–H groups in total. The molecule has 0 atom stereocenters. The van der Waals surface area contributed by atoms with E-state index in [4.69, 9.17) is 0 Å². The summed E-state index contributed by atoms with van der Waals surface area (Å²) >= 11 is 0. The molecule has 2 heteroatoms. The molecular formula is C9H8O2. The summed E-state index contributed by atoms with van der Waals surface area (Å²) in [4.78, 5) is 20.5. The summed E-state index contributed by atoms with van der Waals surface area (Å²) < 4.78 is 0. The van der Waals surface area contributed by atoms with Crippen molar-refractivity contribution < 1.29 is 9.59 Å². The molecule has 0 aromatic heterocycles. The standard InChI is InChI=1S/C9H8O2/c10-6-5-8-3-1-2-4-9(8)7-11/h1-4,6-7H,5H2/i10+2,11+2. The van der Waals surface area contributed by atoms with Crippen molar-refractivity contribution in [2.75, 3.05) is 0 Å². The van der Waals surface area contributed by atoms with Crippen molar-refractivity contribution in [3.8, 4) is 0 Å². The van der Waals surface area contributed by atoms with Crippen LogP contribution in [0.2, 0.25) is 0 Å². The normalized spacial score (nSPS) is 9.09. The van der Waals surface area contributed by atoms with Gasteiger partial charge in [0, 0.05) is 12.0 Å². The van der Waals surface area contributed by atoms with Crippen LogP contribution in [0.15, 0.2) is 24.3 Å². The lowest BCUT2D eigenvalue weighted by molar-refractivity contribution is -0.107. The van der Waals surface area contributed by atoms with Crippen molar-refractivity contribution in [2.24, 2.45) is 0 Å². The monoisotopic (exact) mass is 152 g/mol. The van der Waals surface area contributed by atoms with E-state index >= 15 is 0 Å². The fourth-order valence-corrected chi connectivity index (χ4v) is 0.925. The average molecular weight is 152 g/mol. The lowest BCUT2D eigenvalue weighted by atomic mass is 10.1. The second-order valence-electron chi connectivity index (χ2n) is 2.19. The molecule has 56 valence electrons. The molecule has 1 aromatic carbocycles. The number of hydrogen-bond acceptors (Lipinski definition) is 2. The van der Waals surface area contributed by atoms with Gasteiger partial charge in [-0.1, -0.05) is 24.3 Å². The fourth-order valence-electron chi connectivity index (χ4n) is 0.925. The molecule has 1 rings (SSSR count). The van der Waals surface area contributed by atoms with Crippen LogP contribution in [0.3, 0.4) is 0 Å². The number of carbonyl (C=O) groups excluding carboxylic acids is 2. The van der Waals surface area contributed by atoms with Crippen LogP contribution in [0.1, 0.15) is 15.9 Å².